The summed E-state index contributed by atoms with van der Waals surface area (Å²) in [5.41, 5.74) is 0.638. The van der Waals surface area contributed by atoms with Crippen molar-refractivity contribution in [3.8, 4) is 5.95 Å². The van der Waals surface area contributed by atoms with E-state index in [9.17, 15) is 18.0 Å². The van der Waals surface area contributed by atoms with Crippen molar-refractivity contribution in [2.24, 2.45) is 0 Å². The van der Waals surface area contributed by atoms with E-state index in [2.05, 4.69) is 20.1 Å². The number of aromatic amines is 1. The zero-order valence-corrected chi connectivity index (χ0v) is 15.8. The number of aromatic carboxylic acids is 1. The van der Waals surface area contributed by atoms with Crippen LogP contribution in [-0.2, 0) is 16.4 Å². The Balaban J connectivity index is 1.73. The highest BCUT2D eigenvalue weighted by Gasteiger charge is 2.14. The second-order valence-corrected chi connectivity index (χ2v) is 8.34. The van der Waals surface area contributed by atoms with Crippen molar-refractivity contribution in [1.29, 1.82) is 0 Å². The summed E-state index contributed by atoms with van der Waals surface area (Å²) in [6.45, 7) is 0.302. The average molecular weight is 414 g/mol. The molecule has 0 radical (unpaired) electrons. The van der Waals surface area contributed by atoms with Crippen LogP contribution in [-0.4, -0.2) is 55.0 Å². The highest BCUT2D eigenvalue weighted by Crippen LogP contribution is 2.14. The molecule has 29 heavy (non-hydrogen) atoms. The van der Waals surface area contributed by atoms with E-state index >= 15 is 0 Å². The predicted molar refractivity (Wildman–Crippen MR) is 101 cm³/mol. The summed E-state index contributed by atoms with van der Waals surface area (Å²) in [6, 6.07) is 6.35. The number of carbonyl (C=O) groups is 1. The molecule has 4 rings (SSSR count). The molecule has 0 spiro atoms. The Labute approximate surface area is 163 Å². The molecule has 0 aliphatic heterocycles. The number of fused-ring (bicyclic) bond motifs is 1. The molecule has 0 aliphatic rings. The lowest BCUT2D eigenvalue weighted by molar-refractivity contribution is 0.0697. The molecule has 0 atom stereocenters. The van der Waals surface area contributed by atoms with Crippen molar-refractivity contribution in [2.75, 3.05) is 6.26 Å². The fourth-order valence-corrected chi connectivity index (χ4v) is 3.38. The average Bonchev–Trinajstić information content (AvgIpc) is 3.29. The van der Waals surface area contributed by atoms with Crippen LogP contribution in [0.25, 0.3) is 17.1 Å². The van der Waals surface area contributed by atoms with Crippen molar-refractivity contribution >= 4 is 27.0 Å². The first kappa shape index (κ1) is 18.6. The molecule has 12 heteroatoms. The fraction of sp³-hybridized carbons (Fsp3) is 0.118. The summed E-state index contributed by atoms with van der Waals surface area (Å²) in [4.78, 5) is 34.5. The first-order chi connectivity index (χ1) is 13.7. The van der Waals surface area contributed by atoms with E-state index in [0.29, 0.717) is 6.54 Å². The van der Waals surface area contributed by atoms with E-state index in [1.165, 1.54) is 24.7 Å². The van der Waals surface area contributed by atoms with Gasteiger partial charge in [0.1, 0.15) is 0 Å². The Morgan fingerprint density at radius 2 is 1.97 bits per heavy atom. The van der Waals surface area contributed by atoms with Gasteiger partial charge >= 0.3 is 5.97 Å². The number of aromatic nitrogens is 6. The Morgan fingerprint density at radius 1 is 1.24 bits per heavy atom. The summed E-state index contributed by atoms with van der Waals surface area (Å²) < 4.78 is 25.9. The van der Waals surface area contributed by atoms with Gasteiger partial charge in [-0.25, -0.2) is 22.9 Å². The van der Waals surface area contributed by atoms with Crippen molar-refractivity contribution in [3.63, 3.8) is 0 Å². The van der Waals surface area contributed by atoms with Gasteiger partial charge in [0.25, 0.3) is 5.56 Å². The highest BCUT2D eigenvalue weighted by atomic mass is 32.2. The first-order valence-electron chi connectivity index (χ1n) is 8.25. The summed E-state index contributed by atoms with van der Waals surface area (Å²) in [5.74, 6) is -1.11. The molecule has 0 unspecified atom stereocenters. The van der Waals surface area contributed by atoms with Crippen molar-refractivity contribution in [3.05, 3.63) is 64.5 Å². The second-order valence-electron chi connectivity index (χ2n) is 6.33. The minimum Gasteiger partial charge on any atom is -0.478 e. The molecule has 0 amide bonds. The van der Waals surface area contributed by atoms with Gasteiger partial charge in [0.2, 0.25) is 5.95 Å². The molecule has 11 nitrogen and oxygen atoms in total. The lowest BCUT2D eigenvalue weighted by Crippen LogP contribution is -2.15. The van der Waals surface area contributed by atoms with Gasteiger partial charge in [-0.3, -0.25) is 9.78 Å². The highest BCUT2D eigenvalue weighted by molar-refractivity contribution is 7.90. The van der Waals surface area contributed by atoms with Gasteiger partial charge in [0.05, 0.1) is 29.5 Å². The molecule has 148 valence electrons. The number of nitrogens with zero attached hydrogens (tertiary/aromatic N) is 5. The molecular formula is C17H14N6O5S. The van der Waals surface area contributed by atoms with E-state index in [0.717, 1.165) is 22.7 Å². The van der Waals surface area contributed by atoms with Crippen LogP contribution in [0.4, 0.5) is 0 Å². The zero-order valence-electron chi connectivity index (χ0n) is 15.0. The van der Waals surface area contributed by atoms with Gasteiger partial charge in [-0.05, 0) is 17.7 Å². The standard InChI is InChI=1S/C17H14N6O5S/c1-29(27,28)12-4-2-10(3-5-12)7-22-9-18-13-14(22)20-17(21-15(13)24)23-8-11(6-19-23)16(25)26/h2-6,8-9H,7H2,1H3,(H,25,26)(H,20,21,24). The number of rotatable bonds is 5. The van der Waals surface area contributed by atoms with Crippen LogP contribution in [0.3, 0.4) is 0 Å². The number of imidazole rings is 1. The SMILES string of the molecule is CS(=O)(=O)c1ccc(Cn2cnc3c(=O)[nH]c(-n4cc(C(=O)O)cn4)nc32)cc1. The number of carboxylic acid groups (broad SMARTS) is 1. The molecule has 4 aromatic rings. The van der Waals surface area contributed by atoms with Crippen molar-refractivity contribution < 1.29 is 18.3 Å². The smallest absolute Gasteiger partial charge is 0.338 e. The third-order valence-electron chi connectivity index (χ3n) is 4.21. The van der Waals surface area contributed by atoms with Crippen LogP contribution in [0.2, 0.25) is 0 Å². The Hall–Kier alpha value is -3.80. The van der Waals surface area contributed by atoms with Crippen LogP contribution < -0.4 is 5.56 Å². The second kappa shape index (κ2) is 6.67. The van der Waals surface area contributed by atoms with Gasteiger partial charge in [-0.15, -0.1) is 0 Å². The minimum absolute atomic E-state index is 0.0455. The maximum absolute atomic E-state index is 12.3. The normalized spacial score (nSPS) is 11.8. The summed E-state index contributed by atoms with van der Waals surface area (Å²) >= 11 is 0. The van der Waals surface area contributed by atoms with Crippen LogP contribution in [0, 0.1) is 0 Å². The van der Waals surface area contributed by atoms with E-state index in [1.807, 2.05) is 0 Å². The Morgan fingerprint density at radius 3 is 2.59 bits per heavy atom. The third-order valence-corrected chi connectivity index (χ3v) is 5.34. The van der Waals surface area contributed by atoms with Gasteiger partial charge in [0.15, 0.2) is 21.0 Å². The predicted octanol–water partition coefficient (Wildman–Crippen LogP) is 0.455. The lowest BCUT2D eigenvalue weighted by Gasteiger charge is -2.06. The van der Waals surface area contributed by atoms with Crippen molar-refractivity contribution in [1.82, 2.24) is 29.3 Å². The minimum atomic E-state index is -3.29. The number of H-pyrrole nitrogens is 1. The van der Waals surface area contributed by atoms with Gasteiger partial charge in [-0.1, -0.05) is 12.1 Å². The number of sulfone groups is 1. The fourth-order valence-electron chi connectivity index (χ4n) is 2.75. The number of benzene rings is 1. The quantitative estimate of drug-likeness (QED) is 0.477. The molecule has 0 saturated heterocycles. The molecule has 3 heterocycles. The summed E-state index contributed by atoms with van der Waals surface area (Å²) in [7, 11) is -3.29. The number of nitrogens with one attached hydrogen (secondary N) is 1. The molecule has 0 fully saturated rings. The lowest BCUT2D eigenvalue weighted by atomic mass is 10.2. The van der Waals surface area contributed by atoms with Crippen LogP contribution >= 0.6 is 0 Å². The van der Waals surface area contributed by atoms with Gasteiger partial charge in [0, 0.05) is 12.5 Å². The largest absolute Gasteiger partial charge is 0.478 e. The number of hydrogen-bond acceptors (Lipinski definition) is 7. The molecule has 0 saturated carbocycles. The molecular weight excluding hydrogens is 400 g/mol. The molecule has 0 bridgehead atoms. The molecule has 0 aliphatic carbocycles. The monoisotopic (exact) mass is 414 g/mol. The first-order valence-corrected chi connectivity index (χ1v) is 10.1. The third kappa shape index (κ3) is 3.52. The molecule has 2 N–H and O–H groups in total. The summed E-state index contributed by atoms with van der Waals surface area (Å²) in [5, 5.41) is 12.9. The van der Waals surface area contributed by atoms with Gasteiger partial charge in [-0.2, -0.15) is 10.1 Å². The zero-order chi connectivity index (χ0) is 20.8. The van der Waals surface area contributed by atoms with E-state index in [4.69, 9.17) is 5.11 Å². The number of carboxylic acids is 1. The van der Waals surface area contributed by atoms with E-state index in [1.54, 1.807) is 16.7 Å². The topological polar surface area (TPSA) is 153 Å². The van der Waals surface area contributed by atoms with Crippen LogP contribution in [0.1, 0.15) is 15.9 Å². The maximum Gasteiger partial charge on any atom is 0.338 e. The van der Waals surface area contributed by atoms with Crippen molar-refractivity contribution in [2.45, 2.75) is 11.4 Å². The van der Waals surface area contributed by atoms with Crippen LogP contribution in [0.15, 0.2) is 52.7 Å². The van der Waals surface area contributed by atoms with Crippen LogP contribution in [0.5, 0.6) is 0 Å². The van der Waals surface area contributed by atoms with Gasteiger partial charge < -0.3 is 9.67 Å². The van der Waals surface area contributed by atoms with E-state index in [-0.39, 0.29) is 27.6 Å². The molecule has 3 aromatic heterocycles. The Bertz CT molecular complexity index is 1400. The van der Waals surface area contributed by atoms with E-state index < -0.39 is 21.4 Å². The number of hydrogen-bond donors (Lipinski definition) is 2. The maximum atomic E-state index is 12.3. The Kier molecular flexibility index (Phi) is 4.27. The molecule has 1 aromatic carbocycles. The summed E-state index contributed by atoms with van der Waals surface area (Å²) in [6.07, 6.45) is 4.96.